The summed E-state index contributed by atoms with van der Waals surface area (Å²) in [7, 11) is 0. The second-order valence-electron chi connectivity index (χ2n) is 9.48. The molecule has 4 rings (SSSR count). The molecular weight excluding hydrogens is 408 g/mol. The van der Waals surface area contributed by atoms with Gasteiger partial charge >= 0.3 is 0 Å². The number of primary amides is 1. The van der Waals surface area contributed by atoms with Crippen molar-refractivity contribution >= 4 is 17.7 Å². The monoisotopic (exact) mass is 442 g/mol. The van der Waals surface area contributed by atoms with E-state index in [2.05, 4.69) is 17.0 Å². The molecule has 3 amide bonds. The Morgan fingerprint density at radius 2 is 1.72 bits per heavy atom. The molecule has 0 saturated carbocycles. The van der Waals surface area contributed by atoms with Crippen molar-refractivity contribution in [3.05, 3.63) is 35.9 Å². The quantitative estimate of drug-likeness (QED) is 0.702. The Morgan fingerprint density at radius 3 is 2.34 bits per heavy atom. The number of nitrogens with zero attached hydrogens (tertiary/aromatic N) is 3. The Morgan fingerprint density at radius 1 is 1.03 bits per heavy atom. The van der Waals surface area contributed by atoms with Gasteiger partial charge in [0.15, 0.2) is 0 Å². The highest BCUT2D eigenvalue weighted by Crippen LogP contribution is 2.42. The molecule has 1 aromatic rings. The van der Waals surface area contributed by atoms with Gasteiger partial charge in [-0.3, -0.25) is 19.3 Å². The Hall–Kier alpha value is -2.45. The molecule has 174 valence electrons. The highest BCUT2D eigenvalue weighted by molar-refractivity contribution is 5.80. The fourth-order valence-corrected chi connectivity index (χ4v) is 5.75. The normalized spacial score (nSPS) is 29.4. The van der Waals surface area contributed by atoms with Crippen molar-refractivity contribution in [3.63, 3.8) is 0 Å². The number of hydrogen-bond donors (Lipinski definition) is 2. The molecule has 3 saturated heterocycles. The van der Waals surface area contributed by atoms with Crippen LogP contribution in [0.25, 0.3) is 0 Å². The van der Waals surface area contributed by atoms with Crippen LogP contribution in [0.15, 0.2) is 30.3 Å². The van der Waals surface area contributed by atoms with E-state index in [9.17, 15) is 19.5 Å². The summed E-state index contributed by atoms with van der Waals surface area (Å²) in [5, 5.41) is 11.1. The Labute approximate surface area is 189 Å². The summed E-state index contributed by atoms with van der Waals surface area (Å²) in [6.45, 7) is 4.68. The van der Waals surface area contributed by atoms with Gasteiger partial charge in [0.2, 0.25) is 17.7 Å². The van der Waals surface area contributed by atoms with Gasteiger partial charge < -0.3 is 20.6 Å². The number of hydrogen-bond acceptors (Lipinski definition) is 5. The first kappa shape index (κ1) is 22.7. The molecule has 0 unspecified atom stereocenters. The lowest BCUT2D eigenvalue weighted by Gasteiger charge is -2.34. The van der Waals surface area contributed by atoms with Crippen molar-refractivity contribution in [1.29, 1.82) is 0 Å². The van der Waals surface area contributed by atoms with E-state index in [0.717, 1.165) is 5.56 Å². The van der Waals surface area contributed by atoms with Gasteiger partial charge in [-0.2, -0.15) is 0 Å². The molecule has 0 aliphatic carbocycles. The predicted molar refractivity (Wildman–Crippen MR) is 119 cm³/mol. The molecule has 0 spiro atoms. The summed E-state index contributed by atoms with van der Waals surface area (Å²) in [5.74, 6) is -0.448. The van der Waals surface area contributed by atoms with Gasteiger partial charge in [0.1, 0.15) is 0 Å². The smallest absolute Gasteiger partial charge is 0.237 e. The number of aliphatic hydroxyl groups excluding tert-OH is 1. The summed E-state index contributed by atoms with van der Waals surface area (Å²) in [6, 6.07) is 9.85. The van der Waals surface area contributed by atoms with Crippen LogP contribution in [0.5, 0.6) is 0 Å². The van der Waals surface area contributed by atoms with Gasteiger partial charge in [-0.1, -0.05) is 30.3 Å². The zero-order valence-electron chi connectivity index (χ0n) is 18.7. The predicted octanol–water partition coefficient (Wildman–Crippen LogP) is 0.408. The number of likely N-dealkylation sites (tertiary alicyclic amines) is 3. The lowest BCUT2D eigenvalue weighted by Crippen LogP contribution is -2.50. The van der Waals surface area contributed by atoms with Gasteiger partial charge in [0.05, 0.1) is 18.7 Å². The molecule has 0 bridgehead atoms. The lowest BCUT2D eigenvalue weighted by molar-refractivity contribution is -0.137. The SMILES string of the molecule is CC(=O)N1CC[C@@H](O)[C@@H]2[C@@H](C1)N(C(=O)CN1CCC(C(N)=O)CC1)C[C@H]2c1ccccc1. The number of aliphatic hydroxyl groups is 1. The summed E-state index contributed by atoms with van der Waals surface area (Å²) >= 11 is 0. The van der Waals surface area contributed by atoms with E-state index in [-0.39, 0.29) is 48.1 Å². The highest BCUT2D eigenvalue weighted by atomic mass is 16.3. The van der Waals surface area contributed by atoms with Crippen LogP contribution in [0.2, 0.25) is 0 Å². The number of piperidine rings is 1. The number of amides is 3. The van der Waals surface area contributed by atoms with Crippen molar-refractivity contribution in [2.75, 3.05) is 39.3 Å². The average molecular weight is 443 g/mol. The van der Waals surface area contributed by atoms with Gasteiger partial charge in [0, 0.05) is 44.3 Å². The first-order chi connectivity index (χ1) is 15.3. The Bertz CT molecular complexity index is 840. The second kappa shape index (κ2) is 9.58. The molecule has 32 heavy (non-hydrogen) atoms. The number of carbonyl (C=O) groups excluding carboxylic acids is 3. The molecule has 0 radical (unpaired) electrons. The summed E-state index contributed by atoms with van der Waals surface area (Å²) in [5.41, 5.74) is 6.55. The standard InChI is InChI=1S/C24H34N4O4/c1-16(29)27-12-9-21(30)23-19(17-5-3-2-4-6-17)13-28(20(23)14-27)22(31)15-26-10-7-18(8-11-26)24(25)32/h2-6,18-21,23,30H,7-15H2,1H3,(H2,25,32)/t19-,20+,21+,23-/m0/s1. The topological polar surface area (TPSA) is 107 Å². The van der Waals surface area contributed by atoms with Crippen molar-refractivity contribution in [2.24, 2.45) is 17.6 Å². The minimum absolute atomic E-state index is 0.0218. The van der Waals surface area contributed by atoms with Crippen molar-refractivity contribution in [3.8, 4) is 0 Å². The fraction of sp³-hybridized carbons (Fsp3) is 0.625. The number of fused-ring (bicyclic) bond motifs is 1. The molecule has 8 heteroatoms. The molecule has 3 N–H and O–H groups in total. The zero-order chi connectivity index (χ0) is 22.8. The van der Waals surface area contributed by atoms with E-state index in [1.54, 1.807) is 11.8 Å². The third-order valence-electron chi connectivity index (χ3n) is 7.59. The number of rotatable bonds is 4. The molecule has 3 heterocycles. The minimum atomic E-state index is -0.571. The molecule has 4 atom stereocenters. The maximum atomic E-state index is 13.5. The van der Waals surface area contributed by atoms with E-state index >= 15 is 0 Å². The van der Waals surface area contributed by atoms with Crippen LogP contribution in [0.3, 0.4) is 0 Å². The maximum absolute atomic E-state index is 13.5. The highest BCUT2D eigenvalue weighted by Gasteiger charge is 2.49. The lowest BCUT2D eigenvalue weighted by atomic mass is 9.81. The molecule has 1 aromatic carbocycles. The number of benzene rings is 1. The van der Waals surface area contributed by atoms with Crippen LogP contribution in [0.1, 0.15) is 37.7 Å². The Balaban J connectivity index is 1.54. The molecule has 3 aliphatic heterocycles. The maximum Gasteiger partial charge on any atom is 0.237 e. The van der Waals surface area contributed by atoms with Crippen LogP contribution in [-0.2, 0) is 14.4 Å². The summed E-state index contributed by atoms with van der Waals surface area (Å²) < 4.78 is 0. The number of carbonyl (C=O) groups is 3. The van der Waals surface area contributed by atoms with E-state index in [0.29, 0.717) is 52.0 Å². The van der Waals surface area contributed by atoms with Gasteiger partial charge in [-0.15, -0.1) is 0 Å². The minimum Gasteiger partial charge on any atom is -0.393 e. The average Bonchev–Trinajstić information content (AvgIpc) is 3.07. The van der Waals surface area contributed by atoms with Crippen LogP contribution in [0, 0.1) is 11.8 Å². The third kappa shape index (κ3) is 4.66. The molecule has 3 aliphatic rings. The van der Waals surface area contributed by atoms with E-state index < -0.39 is 6.10 Å². The first-order valence-corrected chi connectivity index (χ1v) is 11.6. The van der Waals surface area contributed by atoms with Crippen LogP contribution < -0.4 is 5.73 Å². The van der Waals surface area contributed by atoms with Gasteiger partial charge in [-0.05, 0) is 37.9 Å². The van der Waals surface area contributed by atoms with Crippen LogP contribution in [-0.4, -0.2) is 88.9 Å². The third-order valence-corrected chi connectivity index (χ3v) is 7.59. The molecule has 3 fully saturated rings. The summed E-state index contributed by atoms with van der Waals surface area (Å²) in [6.07, 6.45) is 1.31. The van der Waals surface area contributed by atoms with E-state index in [4.69, 9.17) is 5.73 Å². The van der Waals surface area contributed by atoms with Gasteiger partial charge in [-0.25, -0.2) is 0 Å². The zero-order valence-corrected chi connectivity index (χ0v) is 18.7. The number of nitrogens with two attached hydrogens (primary N) is 1. The fourth-order valence-electron chi connectivity index (χ4n) is 5.75. The first-order valence-electron chi connectivity index (χ1n) is 11.6. The van der Waals surface area contributed by atoms with Crippen molar-refractivity contribution < 1.29 is 19.5 Å². The van der Waals surface area contributed by atoms with Crippen molar-refractivity contribution in [2.45, 2.75) is 44.2 Å². The van der Waals surface area contributed by atoms with Crippen LogP contribution in [0.4, 0.5) is 0 Å². The van der Waals surface area contributed by atoms with Crippen molar-refractivity contribution in [1.82, 2.24) is 14.7 Å². The molecule has 0 aromatic heterocycles. The second-order valence-corrected chi connectivity index (χ2v) is 9.48. The van der Waals surface area contributed by atoms with E-state index in [1.807, 2.05) is 23.1 Å². The largest absolute Gasteiger partial charge is 0.393 e. The summed E-state index contributed by atoms with van der Waals surface area (Å²) in [4.78, 5) is 42.8. The Kier molecular flexibility index (Phi) is 6.81. The van der Waals surface area contributed by atoms with E-state index in [1.165, 1.54) is 0 Å². The van der Waals surface area contributed by atoms with Crippen LogP contribution >= 0.6 is 0 Å². The molecular formula is C24H34N4O4. The molecule has 8 nitrogen and oxygen atoms in total. The van der Waals surface area contributed by atoms with Gasteiger partial charge in [0.25, 0.3) is 0 Å².